The Labute approximate surface area is 219 Å². The lowest BCUT2D eigenvalue weighted by Crippen LogP contribution is -2.52. The summed E-state index contributed by atoms with van der Waals surface area (Å²) in [5.41, 5.74) is 2.34. The van der Waals surface area contributed by atoms with Crippen molar-refractivity contribution in [1.29, 1.82) is 0 Å². The van der Waals surface area contributed by atoms with Crippen molar-refractivity contribution >= 4 is 17.3 Å². The minimum Gasteiger partial charge on any atom is -0.382 e. The van der Waals surface area contributed by atoms with E-state index in [9.17, 15) is 0 Å². The summed E-state index contributed by atoms with van der Waals surface area (Å²) in [6.45, 7) is 2.09. The van der Waals surface area contributed by atoms with Gasteiger partial charge in [-0.15, -0.1) is 0 Å². The molecule has 4 atom stereocenters. The molecule has 0 aromatic heterocycles. The van der Waals surface area contributed by atoms with Gasteiger partial charge in [0.25, 0.3) is 0 Å². The number of nitrogens with one attached hydrogen (secondary N) is 2. The standard InChI is InChI=1S/C27H38N2O6S/c1-30-13-15-32-19-34-25-23(17-21-9-5-3-6-10-21)28-27(36)29-24(18-22-11-7-4-8-12-22)26(25)35-20-33-16-14-31-2/h3-12,23-26H,13-20H2,1-2H3,(H2,28,29,36)/t23-,24-,25+,26+/m1/s1. The van der Waals surface area contributed by atoms with E-state index in [0.29, 0.717) is 44.4 Å². The van der Waals surface area contributed by atoms with Crippen LogP contribution in [0.4, 0.5) is 0 Å². The summed E-state index contributed by atoms with van der Waals surface area (Å²) in [6, 6.07) is 20.2. The van der Waals surface area contributed by atoms with Crippen molar-refractivity contribution in [2.45, 2.75) is 37.1 Å². The van der Waals surface area contributed by atoms with Crippen LogP contribution in [-0.2, 0) is 41.3 Å². The summed E-state index contributed by atoms with van der Waals surface area (Å²) in [4.78, 5) is 0. The molecule has 0 saturated carbocycles. The summed E-state index contributed by atoms with van der Waals surface area (Å²) in [5.74, 6) is 0. The molecule has 0 radical (unpaired) electrons. The summed E-state index contributed by atoms with van der Waals surface area (Å²) in [7, 11) is 3.28. The lowest BCUT2D eigenvalue weighted by molar-refractivity contribution is -0.182. The van der Waals surface area contributed by atoms with Crippen molar-refractivity contribution in [2.75, 3.05) is 54.2 Å². The second-order valence-corrected chi connectivity index (χ2v) is 8.92. The van der Waals surface area contributed by atoms with Crippen LogP contribution in [0.25, 0.3) is 0 Å². The highest BCUT2D eigenvalue weighted by Gasteiger charge is 2.40. The number of benzene rings is 2. The van der Waals surface area contributed by atoms with Crippen molar-refractivity contribution in [3.05, 3.63) is 71.8 Å². The fourth-order valence-electron chi connectivity index (χ4n) is 4.15. The van der Waals surface area contributed by atoms with Gasteiger partial charge >= 0.3 is 0 Å². The minimum atomic E-state index is -0.375. The zero-order chi connectivity index (χ0) is 25.4. The highest BCUT2D eigenvalue weighted by Crippen LogP contribution is 2.22. The zero-order valence-corrected chi connectivity index (χ0v) is 21.9. The molecule has 2 aromatic rings. The van der Waals surface area contributed by atoms with Crippen molar-refractivity contribution < 1.29 is 28.4 Å². The van der Waals surface area contributed by atoms with Gasteiger partial charge in [0.2, 0.25) is 0 Å². The van der Waals surface area contributed by atoms with E-state index in [0.717, 1.165) is 0 Å². The molecule has 36 heavy (non-hydrogen) atoms. The van der Waals surface area contributed by atoms with E-state index in [1.165, 1.54) is 11.1 Å². The first-order chi connectivity index (χ1) is 17.7. The van der Waals surface area contributed by atoms with E-state index in [1.807, 2.05) is 36.4 Å². The van der Waals surface area contributed by atoms with Crippen LogP contribution in [0.2, 0.25) is 0 Å². The number of ether oxygens (including phenoxy) is 6. The Morgan fingerprint density at radius 2 is 1.06 bits per heavy atom. The van der Waals surface area contributed by atoms with Gasteiger partial charge in [0.15, 0.2) is 5.11 Å². The lowest BCUT2D eigenvalue weighted by atomic mass is 9.92. The van der Waals surface area contributed by atoms with Gasteiger partial charge in [-0.2, -0.15) is 0 Å². The first-order valence-corrected chi connectivity index (χ1v) is 12.6. The van der Waals surface area contributed by atoms with Gasteiger partial charge in [-0.05, 0) is 36.2 Å². The van der Waals surface area contributed by atoms with Crippen LogP contribution in [0, 0.1) is 0 Å². The average Bonchev–Trinajstić information content (AvgIpc) is 3.00. The van der Waals surface area contributed by atoms with Gasteiger partial charge in [0.05, 0.1) is 38.5 Å². The number of hydrogen-bond donors (Lipinski definition) is 2. The predicted octanol–water partition coefficient (Wildman–Crippen LogP) is 2.70. The Bertz CT molecular complexity index is 790. The van der Waals surface area contributed by atoms with Crippen LogP contribution in [-0.4, -0.2) is 83.6 Å². The SMILES string of the molecule is COCCOCO[C@@H]1[C@@H](OCOCCOC)[C@@H](Cc2ccccc2)NC(=S)N[C@@H]1Cc1ccccc1. The van der Waals surface area contributed by atoms with E-state index in [1.54, 1.807) is 14.2 Å². The molecule has 0 spiro atoms. The zero-order valence-electron chi connectivity index (χ0n) is 21.1. The molecular weight excluding hydrogens is 480 g/mol. The van der Waals surface area contributed by atoms with Gasteiger partial charge in [-0.25, -0.2) is 0 Å². The normalized spacial score (nSPS) is 22.0. The quantitative estimate of drug-likeness (QED) is 0.198. The second kappa shape index (κ2) is 16.6. The molecular formula is C27H38N2O6S. The molecule has 1 aliphatic heterocycles. The second-order valence-electron chi connectivity index (χ2n) is 8.51. The van der Waals surface area contributed by atoms with Crippen LogP contribution >= 0.6 is 12.2 Å². The molecule has 198 valence electrons. The van der Waals surface area contributed by atoms with E-state index in [4.69, 9.17) is 40.6 Å². The molecule has 0 unspecified atom stereocenters. The summed E-state index contributed by atoms with van der Waals surface area (Å²) in [6.07, 6.45) is 0.655. The van der Waals surface area contributed by atoms with Crippen LogP contribution in [0.5, 0.6) is 0 Å². The van der Waals surface area contributed by atoms with Gasteiger partial charge in [-0.3, -0.25) is 0 Å². The third-order valence-corrected chi connectivity index (χ3v) is 6.13. The third-order valence-electron chi connectivity index (χ3n) is 5.90. The maximum Gasteiger partial charge on any atom is 0.166 e. The maximum atomic E-state index is 6.36. The van der Waals surface area contributed by atoms with E-state index >= 15 is 0 Å². The lowest BCUT2D eigenvalue weighted by Gasteiger charge is -2.34. The number of rotatable bonds is 16. The molecule has 2 N–H and O–H groups in total. The van der Waals surface area contributed by atoms with Crippen molar-refractivity contribution in [3.8, 4) is 0 Å². The first-order valence-electron chi connectivity index (χ1n) is 12.2. The molecule has 9 heteroatoms. The topological polar surface area (TPSA) is 79.4 Å². The van der Waals surface area contributed by atoms with Gasteiger partial charge in [0, 0.05) is 14.2 Å². The Balaban J connectivity index is 1.83. The fourth-order valence-corrected chi connectivity index (χ4v) is 4.45. The fraction of sp³-hybridized carbons (Fsp3) is 0.519. The highest BCUT2D eigenvalue weighted by atomic mass is 32.1. The molecule has 1 heterocycles. The minimum absolute atomic E-state index is 0.107. The molecule has 8 nitrogen and oxygen atoms in total. The van der Waals surface area contributed by atoms with Crippen LogP contribution in [0.15, 0.2) is 60.7 Å². The molecule has 0 bridgehead atoms. The molecule has 1 saturated heterocycles. The summed E-state index contributed by atoms with van der Waals surface area (Å²) < 4.78 is 34.2. The molecule has 1 aliphatic rings. The average molecular weight is 519 g/mol. The van der Waals surface area contributed by atoms with Gasteiger partial charge < -0.3 is 39.1 Å². The molecule has 1 fully saturated rings. The molecule has 0 amide bonds. The predicted molar refractivity (Wildman–Crippen MR) is 142 cm³/mol. The number of thiocarbonyl (C=S) groups is 1. The third kappa shape index (κ3) is 9.74. The molecule has 3 rings (SSSR count). The summed E-state index contributed by atoms with van der Waals surface area (Å²) >= 11 is 5.70. The smallest absolute Gasteiger partial charge is 0.166 e. The van der Waals surface area contributed by atoms with Crippen LogP contribution in [0.3, 0.4) is 0 Å². The van der Waals surface area contributed by atoms with Crippen molar-refractivity contribution in [2.24, 2.45) is 0 Å². The maximum absolute atomic E-state index is 6.36. The Morgan fingerprint density at radius 1 is 0.639 bits per heavy atom. The monoisotopic (exact) mass is 518 g/mol. The molecule has 0 aliphatic carbocycles. The van der Waals surface area contributed by atoms with Crippen LogP contribution < -0.4 is 10.6 Å². The van der Waals surface area contributed by atoms with E-state index < -0.39 is 0 Å². The number of hydrogen-bond acceptors (Lipinski definition) is 7. The van der Waals surface area contributed by atoms with E-state index in [-0.39, 0.29) is 37.9 Å². The van der Waals surface area contributed by atoms with Crippen molar-refractivity contribution in [3.63, 3.8) is 0 Å². The Morgan fingerprint density at radius 3 is 1.44 bits per heavy atom. The largest absolute Gasteiger partial charge is 0.382 e. The highest BCUT2D eigenvalue weighted by molar-refractivity contribution is 7.80. The number of methoxy groups -OCH3 is 2. The van der Waals surface area contributed by atoms with E-state index in [2.05, 4.69) is 34.9 Å². The van der Waals surface area contributed by atoms with Crippen molar-refractivity contribution in [1.82, 2.24) is 10.6 Å². The van der Waals surface area contributed by atoms with Gasteiger partial charge in [-0.1, -0.05) is 60.7 Å². The summed E-state index contributed by atoms with van der Waals surface area (Å²) in [5, 5.41) is 7.49. The van der Waals surface area contributed by atoms with Crippen LogP contribution in [0.1, 0.15) is 11.1 Å². The van der Waals surface area contributed by atoms with Gasteiger partial charge in [0.1, 0.15) is 25.8 Å². The Kier molecular flexibility index (Phi) is 13.1. The molecule has 2 aromatic carbocycles. The first kappa shape index (κ1) is 28.5. The Hall–Kier alpha value is -2.11.